The molecule has 0 bridgehead atoms. The highest BCUT2D eigenvalue weighted by Crippen LogP contribution is 2.30. The van der Waals surface area contributed by atoms with E-state index >= 15 is 0 Å². The zero-order valence-electron chi connectivity index (χ0n) is 13.9. The van der Waals surface area contributed by atoms with Crippen molar-refractivity contribution < 1.29 is 9.90 Å². The van der Waals surface area contributed by atoms with Gasteiger partial charge in [0.15, 0.2) is 0 Å². The number of carboxylic acid groups (broad SMARTS) is 1. The highest BCUT2D eigenvalue weighted by atomic mass is 16.4. The third kappa shape index (κ3) is 3.79. The molecule has 126 valence electrons. The summed E-state index contributed by atoms with van der Waals surface area (Å²) in [6.07, 6.45) is 7.78. The summed E-state index contributed by atoms with van der Waals surface area (Å²) in [5.41, 5.74) is 3.47. The van der Waals surface area contributed by atoms with Crippen molar-refractivity contribution in [3.8, 4) is 0 Å². The number of carboxylic acids is 1. The molecule has 0 aliphatic carbocycles. The van der Waals surface area contributed by atoms with Crippen molar-refractivity contribution in [1.82, 2.24) is 14.9 Å². The molecule has 5 nitrogen and oxygen atoms in total. The second-order valence-corrected chi connectivity index (χ2v) is 6.42. The molecule has 1 fully saturated rings. The molecule has 0 amide bonds. The van der Waals surface area contributed by atoms with Gasteiger partial charge in [-0.2, -0.15) is 0 Å². The summed E-state index contributed by atoms with van der Waals surface area (Å²) >= 11 is 0. The van der Waals surface area contributed by atoms with Crippen molar-refractivity contribution in [3.63, 3.8) is 0 Å². The van der Waals surface area contributed by atoms with Gasteiger partial charge in [0.1, 0.15) is 0 Å². The number of nitrogens with zero attached hydrogens (tertiary/aromatic N) is 3. The largest absolute Gasteiger partial charge is 0.481 e. The van der Waals surface area contributed by atoms with Crippen LogP contribution in [0.4, 0.5) is 0 Å². The van der Waals surface area contributed by atoms with E-state index in [2.05, 4.69) is 27.9 Å². The van der Waals surface area contributed by atoms with Gasteiger partial charge >= 0.3 is 5.97 Å². The quantitative estimate of drug-likeness (QED) is 0.915. The van der Waals surface area contributed by atoms with Gasteiger partial charge in [0.25, 0.3) is 0 Å². The predicted molar refractivity (Wildman–Crippen MR) is 91.6 cm³/mol. The fourth-order valence-electron chi connectivity index (χ4n) is 3.47. The molecule has 0 spiro atoms. The van der Waals surface area contributed by atoms with Gasteiger partial charge in [-0.05, 0) is 62.2 Å². The molecule has 1 atom stereocenters. The molecule has 3 rings (SSSR count). The van der Waals surface area contributed by atoms with Gasteiger partial charge in [-0.1, -0.05) is 6.07 Å². The number of rotatable bonds is 5. The number of hydrogen-bond acceptors (Lipinski definition) is 4. The molecule has 1 aliphatic rings. The molecule has 2 aromatic heterocycles. The van der Waals surface area contributed by atoms with E-state index in [1.165, 1.54) is 11.1 Å². The lowest BCUT2D eigenvalue weighted by atomic mass is 9.91. The summed E-state index contributed by atoms with van der Waals surface area (Å²) in [6, 6.07) is 8.27. The van der Waals surface area contributed by atoms with Crippen LogP contribution in [0.1, 0.15) is 35.7 Å². The molecule has 0 aromatic carbocycles. The first-order chi connectivity index (χ1) is 11.6. The zero-order valence-corrected chi connectivity index (χ0v) is 13.9. The summed E-state index contributed by atoms with van der Waals surface area (Å²) in [7, 11) is 0. The van der Waals surface area contributed by atoms with Crippen molar-refractivity contribution >= 4 is 5.97 Å². The van der Waals surface area contributed by atoms with Gasteiger partial charge in [-0.3, -0.25) is 19.7 Å². The molecule has 1 N–H and O–H groups in total. The van der Waals surface area contributed by atoms with E-state index in [0.29, 0.717) is 12.8 Å². The first kappa shape index (κ1) is 16.6. The number of likely N-dealkylation sites (tertiary alicyclic amines) is 1. The van der Waals surface area contributed by atoms with E-state index in [-0.39, 0.29) is 12.0 Å². The molecule has 1 unspecified atom stereocenters. The van der Waals surface area contributed by atoms with Crippen LogP contribution in [0.2, 0.25) is 0 Å². The first-order valence-corrected chi connectivity index (χ1v) is 8.42. The van der Waals surface area contributed by atoms with Crippen LogP contribution in [0.25, 0.3) is 0 Å². The fraction of sp³-hybridized carbons (Fsp3) is 0.421. The van der Waals surface area contributed by atoms with Crippen LogP contribution >= 0.6 is 0 Å². The van der Waals surface area contributed by atoms with Crippen molar-refractivity contribution in [2.75, 3.05) is 13.1 Å². The Morgan fingerprint density at radius 1 is 1.29 bits per heavy atom. The monoisotopic (exact) mass is 325 g/mol. The smallest absolute Gasteiger partial charge is 0.306 e. The standard InChI is InChI=1S/C19H23N3O2/c1-14-13-20-9-5-17(14)18(12-16-4-2-3-8-21-16)22-10-6-15(7-11-22)19(23)24/h2-5,8-9,13,15,18H,6-7,10-12H2,1H3,(H,23,24). The number of aryl methyl sites for hydroxylation is 1. The second-order valence-electron chi connectivity index (χ2n) is 6.42. The maximum atomic E-state index is 11.2. The van der Waals surface area contributed by atoms with E-state index in [0.717, 1.165) is 25.2 Å². The Hall–Kier alpha value is -2.27. The molecule has 2 aromatic rings. The van der Waals surface area contributed by atoms with Crippen LogP contribution in [0.5, 0.6) is 0 Å². The van der Waals surface area contributed by atoms with Crippen LogP contribution in [0.15, 0.2) is 42.9 Å². The molecule has 0 saturated carbocycles. The Kier molecular flexibility index (Phi) is 5.20. The third-order valence-corrected chi connectivity index (χ3v) is 4.87. The van der Waals surface area contributed by atoms with Gasteiger partial charge in [0, 0.05) is 36.7 Å². The normalized spacial score (nSPS) is 17.5. The number of pyridine rings is 2. The van der Waals surface area contributed by atoms with E-state index in [4.69, 9.17) is 0 Å². The molecule has 3 heterocycles. The van der Waals surface area contributed by atoms with E-state index in [1.807, 2.05) is 36.8 Å². The number of carbonyl (C=O) groups is 1. The Bertz CT molecular complexity index is 682. The van der Waals surface area contributed by atoms with Crippen molar-refractivity contribution in [2.45, 2.75) is 32.2 Å². The van der Waals surface area contributed by atoms with Crippen LogP contribution in [0.3, 0.4) is 0 Å². The highest BCUT2D eigenvalue weighted by Gasteiger charge is 2.30. The minimum absolute atomic E-state index is 0.206. The minimum atomic E-state index is -0.670. The van der Waals surface area contributed by atoms with Crippen LogP contribution in [-0.4, -0.2) is 39.0 Å². The summed E-state index contributed by atoms with van der Waals surface area (Å²) in [5.74, 6) is -0.883. The maximum Gasteiger partial charge on any atom is 0.306 e. The van der Waals surface area contributed by atoms with Crippen molar-refractivity contribution in [2.24, 2.45) is 5.92 Å². The molecule has 0 radical (unpaired) electrons. The second kappa shape index (κ2) is 7.53. The zero-order chi connectivity index (χ0) is 16.9. The number of aliphatic carboxylic acids is 1. The first-order valence-electron chi connectivity index (χ1n) is 8.42. The van der Waals surface area contributed by atoms with Crippen LogP contribution in [-0.2, 0) is 11.2 Å². The molecular formula is C19H23N3O2. The maximum absolute atomic E-state index is 11.2. The average molecular weight is 325 g/mol. The lowest BCUT2D eigenvalue weighted by molar-refractivity contribution is -0.143. The summed E-state index contributed by atoms with van der Waals surface area (Å²) in [6.45, 7) is 3.68. The summed E-state index contributed by atoms with van der Waals surface area (Å²) in [4.78, 5) is 22.3. The van der Waals surface area contributed by atoms with Crippen LogP contribution in [0, 0.1) is 12.8 Å². The predicted octanol–water partition coefficient (Wildman–Crippen LogP) is 2.87. The number of aromatic nitrogens is 2. The van der Waals surface area contributed by atoms with Gasteiger partial charge < -0.3 is 5.11 Å². The van der Waals surface area contributed by atoms with Crippen molar-refractivity contribution in [1.29, 1.82) is 0 Å². The topological polar surface area (TPSA) is 66.3 Å². The fourth-order valence-corrected chi connectivity index (χ4v) is 3.47. The van der Waals surface area contributed by atoms with E-state index < -0.39 is 5.97 Å². The lowest BCUT2D eigenvalue weighted by Crippen LogP contribution is -2.39. The molecule has 1 saturated heterocycles. The lowest BCUT2D eigenvalue weighted by Gasteiger charge is -2.37. The Labute approximate surface area is 142 Å². The van der Waals surface area contributed by atoms with Crippen molar-refractivity contribution in [3.05, 3.63) is 59.7 Å². The van der Waals surface area contributed by atoms with Gasteiger partial charge in [0.05, 0.1) is 5.92 Å². The molecule has 24 heavy (non-hydrogen) atoms. The van der Waals surface area contributed by atoms with E-state index in [1.54, 1.807) is 0 Å². The minimum Gasteiger partial charge on any atom is -0.481 e. The summed E-state index contributed by atoms with van der Waals surface area (Å²) in [5, 5.41) is 9.22. The molecule has 1 aliphatic heterocycles. The van der Waals surface area contributed by atoms with Gasteiger partial charge in [0.2, 0.25) is 0 Å². The highest BCUT2D eigenvalue weighted by molar-refractivity contribution is 5.70. The Morgan fingerprint density at radius 2 is 2.08 bits per heavy atom. The van der Waals surface area contributed by atoms with Gasteiger partial charge in [-0.25, -0.2) is 0 Å². The Morgan fingerprint density at radius 3 is 2.71 bits per heavy atom. The third-order valence-electron chi connectivity index (χ3n) is 4.87. The molecular weight excluding hydrogens is 302 g/mol. The van der Waals surface area contributed by atoms with Gasteiger partial charge in [-0.15, -0.1) is 0 Å². The number of piperidine rings is 1. The number of hydrogen-bond donors (Lipinski definition) is 1. The summed E-state index contributed by atoms with van der Waals surface area (Å²) < 4.78 is 0. The van der Waals surface area contributed by atoms with E-state index in [9.17, 15) is 9.90 Å². The van der Waals surface area contributed by atoms with Crippen LogP contribution < -0.4 is 0 Å². The Balaban J connectivity index is 1.83. The molecule has 5 heteroatoms. The SMILES string of the molecule is Cc1cnccc1C(Cc1ccccn1)N1CCC(C(=O)O)CC1. The average Bonchev–Trinajstić information content (AvgIpc) is 2.61.